The van der Waals surface area contributed by atoms with E-state index in [4.69, 9.17) is 4.74 Å². The van der Waals surface area contributed by atoms with E-state index < -0.39 is 0 Å². The Bertz CT molecular complexity index is 178. The van der Waals surface area contributed by atoms with Crippen molar-refractivity contribution in [3.05, 3.63) is 0 Å². The van der Waals surface area contributed by atoms with Gasteiger partial charge in [0.15, 0.2) is 0 Å². The molecule has 2 unspecified atom stereocenters. The Balaban J connectivity index is 1.86. The molecule has 0 aliphatic carbocycles. The minimum Gasteiger partial charge on any atom is -0.380 e. The lowest BCUT2D eigenvalue weighted by molar-refractivity contribution is 0.106. The summed E-state index contributed by atoms with van der Waals surface area (Å²) in [6.07, 6.45) is 1.23. The first-order chi connectivity index (χ1) is 6.77. The first kappa shape index (κ1) is 10.4. The summed E-state index contributed by atoms with van der Waals surface area (Å²) >= 11 is 0. The van der Waals surface area contributed by atoms with E-state index in [2.05, 4.69) is 24.1 Å². The van der Waals surface area contributed by atoms with E-state index >= 15 is 0 Å². The smallest absolute Gasteiger partial charge is 0.0622 e. The average molecular weight is 198 g/mol. The van der Waals surface area contributed by atoms with Crippen molar-refractivity contribution in [2.24, 2.45) is 5.92 Å². The Morgan fingerprint density at radius 1 is 1.43 bits per heavy atom. The molecule has 0 radical (unpaired) electrons. The van der Waals surface area contributed by atoms with Crippen LogP contribution >= 0.6 is 0 Å². The molecule has 2 atom stereocenters. The van der Waals surface area contributed by atoms with Crippen molar-refractivity contribution in [2.45, 2.75) is 32.4 Å². The number of hydrogen-bond donors (Lipinski definition) is 1. The highest BCUT2D eigenvalue weighted by molar-refractivity contribution is 4.86. The highest BCUT2D eigenvalue weighted by atomic mass is 16.5. The summed E-state index contributed by atoms with van der Waals surface area (Å²) in [5, 5.41) is 3.59. The molecule has 2 saturated heterocycles. The number of hydrogen-bond acceptors (Lipinski definition) is 3. The molecule has 2 heterocycles. The predicted octanol–water partition coefficient (Wildman–Crippen LogP) is 0.705. The van der Waals surface area contributed by atoms with Crippen LogP contribution in [0, 0.1) is 5.92 Å². The quantitative estimate of drug-likeness (QED) is 0.707. The van der Waals surface area contributed by atoms with Gasteiger partial charge in [0.1, 0.15) is 0 Å². The third kappa shape index (κ3) is 2.27. The molecule has 3 heteroatoms. The lowest BCUT2D eigenvalue weighted by atomic mass is 10.0. The van der Waals surface area contributed by atoms with Crippen molar-refractivity contribution in [3.8, 4) is 0 Å². The highest BCUT2D eigenvalue weighted by Gasteiger charge is 2.28. The van der Waals surface area contributed by atoms with Crippen molar-refractivity contribution >= 4 is 0 Å². The van der Waals surface area contributed by atoms with Crippen LogP contribution in [0.1, 0.15) is 20.3 Å². The molecule has 0 aromatic carbocycles. The van der Waals surface area contributed by atoms with Gasteiger partial charge in [-0.1, -0.05) is 13.8 Å². The molecule has 82 valence electrons. The molecule has 2 aliphatic heterocycles. The predicted molar refractivity (Wildman–Crippen MR) is 57.4 cm³/mol. The molecule has 0 spiro atoms. The summed E-state index contributed by atoms with van der Waals surface area (Å²) in [5.41, 5.74) is 0. The first-order valence-electron chi connectivity index (χ1n) is 5.82. The second-order valence-electron chi connectivity index (χ2n) is 4.82. The van der Waals surface area contributed by atoms with Gasteiger partial charge in [-0.3, -0.25) is 4.90 Å². The molecule has 3 nitrogen and oxygen atoms in total. The van der Waals surface area contributed by atoms with Crippen molar-refractivity contribution in [1.82, 2.24) is 10.2 Å². The number of rotatable bonds is 2. The van der Waals surface area contributed by atoms with Crippen molar-refractivity contribution in [1.29, 1.82) is 0 Å². The van der Waals surface area contributed by atoms with Gasteiger partial charge in [-0.15, -0.1) is 0 Å². The largest absolute Gasteiger partial charge is 0.380 e. The zero-order valence-corrected chi connectivity index (χ0v) is 9.33. The maximum atomic E-state index is 5.44. The zero-order valence-electron chi connectivity index (χ0n) is 9.33. The Kier molecular flexibility index (Phi) is 3.42. The minimum absolute atomic E-state index is 0.671. The molecule has 0 aromatic heterocycles. The van der Waals surface area contributed by atoms with Gasteiger partial charge in [0.2, 0.25) is 0 Å². The minimum atomic E-state index is 0.671. The number of piperazine rings is 1. The maximum absolute atomic E-state index is 5.44. The fourth-order valence-electron chi connectivity index (χ4n) is 2.39. The molecule has 2 fully saturated rings. The summed E-state index contributed by atoms with van der Waals surface area (Å²) in [6, 6.07) is 1.36. The van der Waals surface area contributed by atoms with E-state index in [-0.39, 0.29) is 0 Å². The van der Waals surface area contributed by atoms with E-state index in [1.54, 1.807) is 0 Å². The van der Waals surface area contributed by atoms with Gasteiger partial charge in [0.25, 0.3) is 0 Å². The molecular formula is C11H22N2O. The van der Waals surface area contributed by atoms with Gasteiger partial charge in [0.05, 0.1) is 6.61 Å². The third-order valence-corrected chi connectivity index (χ3v) is 3.46. The van der Waals surface area contributed by atoms with Crippen LogP contribution in [0.3, 0.4) is 0 Å². The molecule has 2 aliphatic rings. The van der Waals surface area contributed by atoms with Gasteiger partial charge >= 0.3 is 0 Å². The standard InChI is InChI=1S/C11H22N2O/c1-9(2)11-7-13(5-4-12-11)10-3-6-14-8-10/h9-12H,3-8H2,1-2H3. The van der Waals surface area contributed by atoms with Gasteiger partial charge in [-0.2, -0.15) is 0 Å². The second-order valence-corrected chi connectivity index (χ2v) is 4.82. The molecule has 14 heavy (non-hydrogen) atoms. The van der Waals surface area contributed by atoms with Gasteiger partial charge < -0.3 is 10.1 Å². The van der Waals surface area contributed by atoms with Crippen LogP contribution in [0.25, 0.3) is 0 Å². The molecule has 2 rings (SSSR count). The topological polar surface area (TPSA) is 24.5 Å². The summed E-state index contributed by atoms with van der Waals surface area (Å²) in [7, 11) is 0. The van der Waals surface area contributed by atoms with Crippen molar-refractivity contribution in [3.63, 3.8) is 0 Å². The van der Waals surface area contributed by atoms with Crippen LogP contribution in [0.15, 0.2) is 0 Å². The maximum Gasteiger partial charge on any atom is 0.0622 e. The Hall–Kier alpha value is -0.120. The molecule has 0 aromatic rings. The molecule has 1 N–H and O–H groups in total. The van der Waals surface area contributed by atoms with Crippen molar-refractivity contribution in [2.75, 3.05) is 32.8 Å². The Morgan fingerprint density at radius 2 is 2.29 bits per heavy atom. The zero-order chi connectivity index (χ0) is 9.97. The van der Waals surface area contributed by atoms with E-state index in [1.165, 1.54) is 19.5 Å². The van der Waals surface area contributed by atoms with Gasteiger partial charge in [0, 0.05) is 38.3 Å². The van der Waals surface area contributed by atoms with Crippen LogP contribution in [-0.2, 0) is 4.74 Å². The summed E-state index contributed by atoms with van der Waals surface area (Å²) < 4.78 is 5.44. The van der Waals surface area contributed by atoms with Crippen LogP contribution in [-0.4, -0.2) is 49.8 Å². The number of nitrogens with zero attached hydrogens (tertiary/aromatic N) is 1. The SMILES string of the molecule is CC(C)C1CN(C2CCOC2)CCN1. The average Bonchev–Trinajstić information content (AvgIpc) is 2.71. The normalized spacial score (nSPS) is 35.4. The highest BCUT2D eigenvalue weighted by Crippen LogP contribution is 2.16. The van der Waals surface area contributed by atoms with Crippen molar-refractivity contribution < 1.29 is 4.74 Å². The molecular weight excluding hydrogens is 176 g/mol. The molecule has 0 saturated carbocycles. The van der Waals surface area contributed by atoms with E-state index in [0.717, 1.165) is 25.7 Å². The summed E-state index contributed by atoms with van der Waals surface area (Å²) in [6.45, 7) is 10.0. The fraction of sp³-hybridized carbons (Fsp3) is 1.00. The Morgan fingerprint density at radius 3 is 2.93 bits per heavy atom. The monoisotopic (exact) mass is 198 g/mol. The van der Waals surface area contributed by atoms with Crippen LogP contribution in [0.4, 0.5) is 0 Å². The third-order valence-electron chi connectivity index (χ3n) is 3.46. The van der Waals surface area contributed by atoms with Crippen LogP contribution in [0.5, 0.6) is 0 Å². The van der Waals surface area contributed by atoms with E-state index in [9.17, 15) is 0 Å². The number of ether oxygens (including phenoxy) is 1. The lowest BCUT2D eigenvalue weighted by Gasteiger charge is -2.38. The second kappa shape index (κ2) is 4.60. The van der Waals surface area contributed by atoms with Gasteiger partial charge in [-0.05, 0) is 12.3 Å². The van der Waals surface area contributed by atoms with Crippen LogP contribution < -0.4 is 5.32 Å². The number of nitrogens with one attached hydrogen (secondary N) is 1. The van der Waals surface area contributed by atoms with Gasteiger partial charge in [-0.25, -0.2) is 0 Å². The lowest BCUT2D eigenvalue weighted by Crippen LogP contribution is -2.55. The summed E-state index contributed by atoms with van der Waals surface area (Å²) in [4.78, 5) is 2.61. The summed E-state index contributed by atoms with van der Waals surface area (Å²) in [5.74, 6) is 0.736. The van der Waals surface area contributed by atoms with E-state index in [0.29, 0.717) is 12.1 Å². The van der Waals surface area contributed by atoms with E-state index in [1.807, 2.05) is 0 Å². The molecule has 0 amide bonds. The Labute approximate surface area is 86.8 Å². The fourth-order valence-corrected chi connectivity index (χ4v) is 2.39. The van der Waals surface area contributed by atoms with Crippen LogP contribution in [0.2, 0.25) is 0 Å². The first-order valence-corrected chi connectivity index (χ1v) is 5.82. The molecule has 0 bridgehead atoms.